The van der Waals surface area contributed by atoms with E-state index < -0.39 is 10.9 Å². The Balaban J connectivity index is 1.58. The van der Waals surface area contributed by atoms with E-state index in [-0.39, 0.29) is 17.7 Å². The molecule has 1 aliphatic carbocycles. The summed E-state index contributed by atoms with van der Waals surface area (Å²) in [5.41, 5.74) is 1.52. The van der Waals surface area contributed by atoms with Crippen molar-refractivity contribution in [3.63, 3.8) is 0 Å². The smallest absolute Gasteiger partial charge is 0.338 e. The van der Waals surface area contributed by atoms with Crippen molar-refractivity contribution < 1.29 is 14.5 Å². The van der Waals surface area contributed by atoms with Crippen molar-refractivity contribution in [2.24, 2.45) is 0 Å². The topological polar surface area (TPSA) is 69.4 Å². The normalized spacial score (nSPS) is 19.3. The highest BCUT2D eigenvalue weighted by molar-refractivity contribution is 5.90. The minimum Gasteiger partial charge on any atom is -0.458 e. The molecule has 1 fully saturated rings. The van der Waals surface area contributed by atoms with Gasteiger partial charge in [0.1, 0.15) is 6.10 Å². The number of ether oxygens (including phenoxy) is 1. The Kier molecular flexibility index (Phi) is 5.06. The van der Waals surface area contributed by atoms with E-state index in [0.29, 0.717) is 5.56 Å². The van der Waals surface area contributed by atoms with E-state index in [0.717, 1.165) is 25.7 Å². The summed E-state index contributed by atoms with van der Waals surface area (Å²) in [6, 6.07) is 20.1. The zero-order valence-corrected chi connectivity index (χ0v) is 15.4. The summed E-state index contributed by atoms with van der Waals surface area (Å²) in [6.45, 7) is 0. The summed E-state index contributed by atoms with van der Waals surface area (Å²) in [4.78, 5) is 23.0. The van der Waals surface area contributed by atoms with Gasteiger partial charge in [-0.3, -0.25) is 10.1 Å². The monoisotopic (exact) mass is 375 g/mol. The Hall–Kier alpha value is -3.21. The van der Waals surface area contributed by atoms with Crippen LogP contribution in [-0.2, 0) is 4.74 Å². The number of fused-ring (bicyclic) bond motifs is 1. The molecule has 4 rings (SSSR count). The summed E-state index contributed by atoms with van der Waals surface area (Å²) in [7, 11) is 0. The summed E-state index contributed by atoms with van der Waals surface area (Å²) in [5.74, 6) is -0.270. The van der Waals surface area contributed by atoms with Crippen LogP contribution in [-0.4, -0.2) is 17.0 Å². The lowest BCUT2D eigenvalue weighted by Crippen LogP contribution is -2.28. The third-order valence-electron chi connectivity index (χ3n) is 5.50. The van der Waals surface area contributed by atoms with Gasteiger partial charge in [-0.1, -0.05) is 48.9 Å². The van der Waals surface area contributed by atoms with Crippen LogP contribution < -0.4 is 0 Å². The summed E-state index contributed by atoms with van der Waals surface area (Å²) in [5, 5.41) is 13.2. The highest BCUT2D eigenvalue weighted by Crippen LogP contribution is 2.38. The maximum Gasteiger partial charge on any atom is 0.338 e. The molecule has 0 spiro atoms. The van der Waals surface area contributed by atoms with Crippen molar-refractivity contribution in [2.75, 3.05) is 0 Å². The van der Waals surface area contributed by atoms with Gasteiger partial charge in [0.15, 0.2) is 0 Å². The molecule has 0 aromatic heterocycles. The van der Waals surface area contributed by atoms with E-state index in [1.165, 1.54) is 40.6 Å². The molecule has 0 heterocycles. The van der Waals surface area contributed by atoms with Gasteiger partial charge in [-0.25, -0.2) is 4.79 Å². The predicted molar refractivity (Wildman–Crippen MR) is 107 cm³/mol. The van der Waals surface area contributed by atoms with Crippen LogP contribution in [0.4, 0.5) is 5.69 Å². The van der Waals surface area contributed by atoms with Crippen LogP contribution in [0, 0.1) is 10.1 Å². The van der Waals surface area contributed by atoms with Crippen molar-refractivity contribution in [3.05, 3.63) is 88.0 Å². The molecule has 0 aliphatic heterocycles. The van der Waals surface area contributed by atoms with Crippen molar-refractivity contribution in [2.45, 2.75) is 37.7 Å². The molecule has 2 atom stereocenters. The molecule has 1 aliphatic rings. The molecule has 0 unspecified atom stereocenters. The zero-order valence-electron chi connectivity index (χ0n) is 15.4. The number of nitro benzene ring substituents is 1. The standard InChI is InChI=1S/C23H21NO4/c25-23(17-12-14-18(15-13-17)24(26)27)28-22-11-4-3-9-21(22)20-10-5-7-16-6-1-2-8-19(16)20/h1-2,5-8,10,12-15,21-22H,3-4,9,11H2/t21-,22-/m0/s1. The minimum atomic E-state index is -0.479. The molecule has 0 radical (unpaired) electrons. The molecule has 142 valence electrons. The quantitative estimate of drug-likeness (QED) is 0.336. The number of rotatable bonds is 4. The Morgan fingerprint density at radius 2 is 1.64 bits per heavy atom. The average molecular weight is 375 g/mol. The van der Waals surface area contributed by atoms with Crippen LogP contribution >= 0.6 is 0 Å². The van der Waals surface area contributed by atoms with Crippen molar-refractivity contribution in [1.29, 1.82) is 0 Å². The van der Waals surface area contributed by atoms with Gasteiger partial charge in [0, 0.05) is 18.1 Å². The van der Waals surface area contributed by atoms with Gasteiger partial charge in [-0.15, -0.1) is 0 Å². The number of hydrogen-bond donors (Lipinski definition) is 0. The molecule has 3 aromatic carbocycles. The van der Waals surface area contributed by atoms with Crippen molar-refractivity contribution >= 4 is 22.4 Å². The highest BCUT2D eigenvalue weighted by Gasteiger charge is 2.31. The third kappa shape index (κ3) is 3.60. The van der Waals surface area contributed by atoms with Gasteiger partial charge in [0.2, 0.25) is 0 Å². The van der Waals surface area contributed by atoms with Crippen LogP contribution in [0.25, 0.3) is 10.8 Å². The van der Waals surface area contributed by atoms with Gasteiger partial charge in [-0.2, -0.15) is 0 Å². The molecule has 0 amide bonds. The van der Waals surface area contributed by atoms with Crippen LogP contribution in [0.5, 0.6) is 0 Å². The fourth-order valence-corrected chi connectivity index (χ4v) is 4.09. The van der Waals surface area contributed by atoms with Crippen molar-refractivity contribution in [3.8, 4) is 0 Å². The molecular weight excluding hydrogens is 354 g/mol. The highest BCUT2D eigenvalue weighted by atomic mass is 16.6. The largest absolute Gasteiger partial charge is 0.458 e. The number of benzene rings is 3. The molecule has 5 heteroatoms. The molecule has 3 aromatic rings. The lowest BCUT2D eigenvalue weighted by Gasteiger charge is -2.32. The maximum absolute atomic E-state index is 12.6. The number of carbonyl (C=O) groups excluding carboxylic acids is 1. The van der Waals surface area contributed by atoms with Gasteiger partial charge in [0.05, 0.1) is 10.5 Å². The average Bonchev–Trinajstić information content (AvgIpc) is 2.74. The Bertz CT molecular complexity index is 1010. The molecule has 0 saturated heterocycles. The Morgan fingerprint density at radius 1 is 0.929 bits per heavy atom. The summed E-state index contributed by atoms with van der Waals surface area (Å²) >= 11 is 0. The van der Waals surface area contributed by atoms with Crippen molar-refractivity contribution in [1.82, 2.24) is 0 Å². The van der Waals surface area contributed by atoms with Crippen LogP contribution in [0.1, 0.15) is 47.5 Å². The first kappa shape index (κ1) is 18.2. The third-order valence-corrected chi connectivity index (χ3v) is 5.50. The molecule has 28 heavy (non-hydrogen) atoms. The predicted octanol–water partition coefficient (Wildman–Crippen LogP) is 5.63. The number of non-ortho nitro benzene ring substituents is 1. The second-order valence-corrected chi connectivity index (χ2v) is 7.21. The number of nitro groups is 1. The van der Waals surface area contributed by atoms with Gasteiger partial charge < -0.3 is 4.74 Å². The Labute approximate surface area is 163 Å². The Morgan fingerprint density at radius 3 is 2.43 bits per heavy atom. The van der Waals surface area contributed by atoms with Gasteiger partial charge in [0.25, 0.3) is 5.69 Å². The van der Waals surface area contributed by atoms with E-state index in [4.69, 9.17) is 4.74 Å². The number of nitrogens with zero attached hydrogens (tertiary/aromatic N) is 1. The number of esters is 1. The van der Waals surface area contributed by atoms with E-state index >= 15 is 0 Å². The van der Waals surface area contributed by atoms with E-state index in [2.05, 4.69) is 30.3 Å². The van der Waals surface area contributed by atoms with Gasteiger partial charge in [-0.05, 0) is 47.7 Å². The molecule has 0 bridgehead atoms. The fraction of sp³-hybridized carbons (Fsp3) is 0.261. The SMILES string of the molecule is O=C(O[C@H]1CCCC[C@H]1c1cccc2ccccc12)c1ccc([N+](=O)[O-])cc1. The van der Waals surface area contributed by atoms with Crippen LogP contribution in [0.2, 0.25) is 0 Å². The first-order chi connectivity index (χ1) is 13.6. The maximum atomic E-state index is 12.6. The minimum absolute atomic E-state index is 0.0390. The number of hydrogen-bond acceptors (Lipinski definition) is 4. The molecular formula is C23H21NO4. The van der Waals surface area contributed by atoms with E-state index in [1.54, 1.807) is 0 Å². The fourth-order valence-electron chi connectivity index (χ4n) is 4.09. The second kappa shape index (κ2) is 7.80. The first-order valence-corrected chi connectivity index (χ1v) is 9.56. The van der Waals surface area contributed by atoms with E-state index in [9.17, 15) is 14.9 Å². The van der Waals surface area contributed by atoms with E-state index in [1.807, 2.05) is 12.1 Å². The summed E-state index contributed by atoms with van der Waals surface area (Å²) in [6.07, 6.45) is 3.75. The number of carbonyl (C=O) groups is 1. The second-order valence-electron chi connectivity index (χ2n) is 7.21. The lowest BCUT2D eigenvalue weighted by molar-refractivity contribution is -0.384. The van der Waals surface area contributed by atoms with Crippen LogP contribution in [0.15, 0.2) is 66.7 Å². The van der Waals surface area contributed by atoms with Gasteiger partial charge >= 0.3 is 5.97 Å². The molecule has 0 N–H and O–H groups in total. The summed E-state index contributed by atoms with van der Waals surface area (Å²) < 4.78 is 5.88. The first-order valence-electron chi connectivity index (χ1n) is 9.56. The molecule has 5 nitrogen and oxygen atoms in total. The lowest BCUT2D eigenvalue weighted by atomic mass is 9.80. The van der Waals surface area contributed by atoms with Crippen LogP contribution in [0.3, 0.4) is 0 Å². The molecule has 1 saturated carbocycles. The zero-order chi connectivity index (χ0) is 19.5.